The van der Waals surface area contributed by atoms with E-state index in [9.17, 15) is 13.2 Å². The van der Waals surface area contributed by atoms with Crippen molar-refractivity contribution in [1.29, 1.82) is 0 Å². The van der Waals surface area contributed by atoms with Gasteiger partial charge in [0.25, 0.3) is 0 Å². The topological polar surface area (TPSA) is 78.9 Å². The molecule has 0 aliphatic carbocycles. The Bertz CT molecular complexity index is 553. The Balaban J connectivity index is 1.97. The number of ether oxygens (including phenoxy) is 1. The van der Waals surface area contributed by atoms with Crippen molar-refractivity contribution in [2.45, 2.75) is 38.6 Å². The van der Waals surface area contributed by atoms with E-state index in [1.54, 1.807) is 12.1 Å². The van der Waals surface area contributed by atoms with E-state index in [1.165, 1.54) is 0 Å². The summed E-state index contributed by atoms with van der Waals surface area (Å²) < 4.78 is 36.9. The zero-order chi connectivity index (χ0) is 14.6. The van der Waals surface area contributed by atoms with Gasteiger partial charge in [-0.05, 0) is 12.0 Å². The number of carbonyl (C=O) groups excluding carboxylic acids is 1. The molecule has 1 aromatic rings. The highest BCUT2D eigenvalue weighted by Crippen LogP contribution is 2.25. The Labute approximate surface area is 118 Å². The number of benzene rings is 1. The largest absolute Gasteiger partial charge is 0.459 e. The van der Waals surface area contributed by atoms with Gasteiger partial charge in [0.2, 0.25) is 6.10 Å². The van der Waals surface area contributed by atoms with Crippen LogP contribution in [0.4, 0.5) is 0 Å². The van der Waals surface area contributed by atoms with Crippen molar-refractivity contribution < 1.29 is 26.3 Å². The summed E-state index contributed by atoms with van der Waals surface area (Å²) in [4.78, 5) is 11.9. The summed E-state index contributed by atoms with van der Waals surface area (Å²) >= 11 is 0. The lowest BCUT2D eigenvalue weighted by molar-refractivity contribution is -0.154. The molecule has 0 saturated carbocycles. The van der Waals surface area contributed by atoms with Crippen molar-refractivity contribution in [2.75, 3.05) is 0 Å². The molecule has 0 spiro atoms. The Morgan fingerprint density at radius 3 is 2.60 bits per heavy atom. The van der Waals surface area contributed by atoms with Gasteiger partial charge in [0.15, 0.2) is 0 Å². The van der Waals surface area contributed by atoms with Crippen molar-refractivity contribution in [1.82, 2.24) is 0 Å². The van der Waals surface area contributed by atoms with E-state index in [2.05, 4.69) is 4.18 Å². The molecule has 1 aromatic carbocycles. The summed E-state index contributed by atoms with van der Waals surface area (Å²) in [6.07, 6.45) is -0.951. The van der Waals surface area contributed by atoms with E-state index in [-0.39, 0.29) is 6.61 Å². The number of rotatable bonds is 5. The number of hydrogen-bond acceptors (Lipinski definition) is 6. The number of carbonyl (C=O) groups is 1. The lowest BCUT2D eigenvalue weighted by Crippen LogP contribution is -2.32. The first kappa shape index (κ1) is 15.0. The molecular formula is C13H16O6S. The molecule has 7 heteroatoms. The Morgan fingerprint density at radius 1 is 1.25 bits per heavy atom. The summed E-state index contributed by atoms with van der Waals surface area (Å²) in [5, 5.41) is 0. The fourth-order valence-corrected chi connectivity index (χ4v) is 2.90. The van der Waals surface area contributed by atoms with Gasteiger partial charge >= 0.3 is 16.4 Å². The van der Waals surface area contributed by atoms with E-state index >= 15 is 0 Å². The third-order valence-corrected chi connectivity index (χ3v) is 3.76. The molecule has 1 saturated heterocycles. The van der Waals surface area contributed by atoms with Gasteiger partial charge in [0.1, 0.15) is 12.7 Å². The number of hydrogen-bond donors (Lipinski definition) is 0. The lowest BCUT2D eigenvalue weighted by atomic mass is 10.1. The molecule has 0 radical (unpaired) electrons. The van der Waals surface area contributed by atoms with Crippen LogP contribution in [0.1, 0.15) is 25.3 Å². The quantitative estimate of drug-likeness (QED) is 0.768. The first-order valence-corrected chi connectivity index (χ1v) is 7.67. The molecule has 20 heavy (non-hydrogen) atoms. The molecule has 1 aliphatic rings. The van der Waals surface area contributed by atoms with E-state index in [1.807, 2.05) is 25.1 Å². The van der Waals surface area contributed by atoms with E-state index in [0.717, 1.165) is 5.56 Å². The highest BCUT2D eigenvalue weighted by atomic mass is 32.3. The lowest BCUT2D eigenvalue weighted by Gasteiger charge is -2.13. The maximum Gasteiger partial charge on any atom is 0.401 e. The van der Waals surface area contributed by atoms with Crippen LogP contribution >= 0.6 is 0 Å². The Kier molecular flexibility index (Phi) is 4.74. The molecule has 6 nitrogen and oxygen atoms in total. The van der Waals surface area contributed by atoms with Crippen LogP contribution < -0.4 is 0 Å². The fraction of sp³-hybridized carbons (Fsp3) is 0.462. The number of esters is 1. The molecule has 1 fully saturated rings. The molecule has 0 bridgehead atoms. The van der Waals surface area contributed by atoms with Crippen LogP contribution in [0.25, 0.3) is 0 Å². The normalized spacial score (nSPS) is 24.4. The molecule has 0 N–H and O–H groups in total. The second-order valence-corrected chi connectivity index (χ2v) is 5.64. The molecule has 0 unspecified atom stereocenters. The monoisotopic (exact) mass is 300 g/mol. The van der Waals surface area contributed by atoms with Crippen LogP contribution in [0.3, 0.4) is 0 Å². The third kappa shape index (κ3) is 3.78. The predicted molar refractivity (Wildman–Crippen MR) is 69.8 cm³/mol. The SMILES string of the molecule is CCC[C@@H]1OS(=O)(=O)O[C@H]1C(=O)OCc1ccccc1. The second kappa shape index (κ2) is 6.34. The predicted octanol–water partition coefficient (Wildman–Crippen LogP) is 1.56. The Morgan fingerprint density at radius 2 is 1.95 bits per heavy atom. The molecular weight excluding hydrogens is 284 g/mol. The van der Waals surface area contributed by atoms with Gasteiger partial charge in [-0.15, -0.1) is 0 Å². The van der Waals surface area contributed by atoms with E-state index in [4.69, 9.17) is 8.92 Å². The van der Waals surface area contributed by atoms with Crippen molar-refractivity contribution in [3.63, 3.8) is 0 Å². The summed E-state index contributed by atoms with van der Waals surface area (Å²) in [7, 11) is -4.10. The molecule has 110 valence electrons. The van der Waals surface area contributed by atoms with Crippen LogP contribution in [0.15, 0.2) is 30.3 Å². The minimum Gasteiger partial charge on any atom is -0.459 e. The molecule has 1 heterocycles. The molecule has 2 rings (SSSR count). The summed E-state index contributed by atoms with van der Waals surface area (Å²) in [6, 6.07) is 9.10. The highest BCUT2D eigenvalue weighted by Gasteiger charge is 2.45. The van der Waals surface area contributed by atoms with E-state index in [0.29, 0.717) is 12.8 Å². The van der Waals surface area contributed by atoms with Crippen LogP contribution in [-0.4, -0.2) is 26.6 Å². The van der Waals surface area contributed by atoms with Gasteiger partial charge < -0.3 is 4.74 Å². The van der Waals surface area contributed by atoms with Crippen molar-refractivity contribution >= 4 is 16.4 Å². The summed E-state index contributed by atoms with van der Waals surface area (Å²) in [6.45, 7) is 1.93. The molecule has 1 aliphatic heterocycles. The molecule has 0 aromatic heterocycles. The first-order valence-electron chi connectivity index (χ1n) is 6.34. The zero-order valence-corrected chi connectivity index (χ0v) is 11.8. The van der Waals surface area contributed by atoms with Gasteiger partial charge in [0.05, 0.1) is 0 Å². The van der Waals surface area contributed by atoms with Gasteiger partial charge in [-0.2, -0.15) is 8.42 Å². The van der Waals surface area contributed by atoms with Gasteiger partial charge in [0, 0.05) is 0 Å². The van der Waals surface area contributed by atoms with Crippen molar-refractivity contribution in [2.24, 2.45) is 0 Å². The van der Waals surface area contributed by atoms with Crippen molar-refractivity contribution in [3.05, 3.63) is 35.9 Å². The van der Waals surface area contributed by atoms with Gasteiger partial charge in [-0.25, -0.2) is 13.2 Å². The standard InChI is InChI=1S/C13H16O6S/c1-2-6-11-12(19-20(15,16)18-11)13(14)17-9-10-7-4-3-5-8-10/h3-5,7-8,11-12H,2,6,9H2,1H3/t11-,12+/m0/s1. The second-order valence-electron chi connectivity index (χ2n) is 4.44. The highest BCUT2D eigenvalue weighted by molar-refractivity contribution is 7.82. The maximum absolute atomic E-state index is 11.9. The minimum absolute atomic E-state index is 0.0679. The van der Waals surface area contributed by atoms with Crippen LogP contribution in [0.5, 0.6) is 0 Å². The van der Waals surface area contributed by atoms with Gasteiger partial charge in [-0.3, -0.25) is 0 Å². The first-order chi connectivity index (χ1) is 9.52. The Hall–Kier alpha value is -1.44. The van der Waals surface area contributed by atoms with Crippen LogP contribution in [0.2, 0.25) is 0 Å². The molecule has 2 atom stereocenters. The van der Waals surface area contributed by atoms with E-state index < -0.39 is 28.6 Å². The zero-order valence-electron chi connectivity index (χ0n) is 11.0. The third-order valence-electron chi connectivity index (χ3n) is 2.83. The minimum atomic E-state index is -4.10. The smallest absolute Gasteiger partial charge is 0.401 e. The fourth-order valence-electron chi connectivity index (χ4n) is 1.90. The van der Waals surface area contributed by atoms with Crippen LogP contribution in [0, 0.1) is 0 Å². The summed E-state index contributed by atoms with van der Waals surface area (Å²) in [5.74, 6) is -0.728. The van der Waals surface area contributed by atoms with Crippen LogP contribution in [-0.2, 0) is 34.9 Å². The summed E-state index contributed by atoms with van der Waals surface area (Å²) in [5.41, 5.74) is 0.815. The van der Waals surface area contributed by atoms with Gasteiger partial charge in [-0.1, -0.05) is 43.7 Å². The van der Waals surface area contributed by atoms with Crippen molar-refractivity contribution in [3.8, 4) is 0 Å². The average molecular weight is 300 g/mol. The molecule has 0 amide bonds. The maximum atomic E-state index is 11.9. The average Bonchev–Trinajstić information content (AvgIpc) is 2.73.